The number of ether oxygens (including phenoxy) is 1. The van der Waals surface area contributed by atoms with Gasteiger partial charge in [0.15, 0.2) is 23.1 Å². The molecule has 0 unspecified atom stereocenters. The minimum Gasteiger partial charge on any atom is -0.504 e. The number of phenolic OH excluding ortho intramolecular Hbond substituents is 1. The van der Waals surface area contributed by atoms with Crippen molar-refractivity contribution >= 4 is 35.1 Å². The van der Waals surface area contributed by atoms with Crippen molar-refractivity contribution in [2.75, 3.05) is 12.0 Å². The van der Waals surface area contributed by atoms with Crippen LogP contribution in [0.4, 0.5) is 5.69 Å². The molecule has 7 heteroatoms. The standard InChI is InChI=1S/C32H27NO6/c1-4-17-8-10-18(11-9-17)33-31(37)21-13-12-19-22(27(21)32(33)38)15-23-24(34)14-16(2)29(35)28(23)26(19)20-6-5-7-25(39-3)30(20)36/h4-12,14,21-22,26-27,36H,1,13,15H2,2-3H3/t21-,22+,26+,27-/m0/s1. The van der Waals surface area contributed by atoms with Gasteiger partial charge in [-0.05, 0) is 55.5 Å². The predicted octanol–water partition coefficient (Wildman–Crippen LogP) is 4.68. The molecular weight excluding hydrogens is 494 g/mol. The Bertz CT molecular complexity index is 1570. The van der Waals surface area contributed by atoms with E-state index in [0.29, 0.717) is 34.4 Å². The monoisotopic (exact) mass is 521 g/mol. The van der Waals surface area contributed by atoms with Gasteiger partial charge in [-0.2, -0.15) is 0 Å². The molecule has 2 aromatic rings. The van der Waals surface area contributed by atoms with Crippen LogP contribution >= 0.6 is 0 Å². The van der Waals surface area contributed by atoms with Crippen LogP contribution < -0.4 is 9.64 Å². The van der Waals surface area contributed by atoms with Gasteiger partial charge in [0, 0.05) is 28.2 Å². The van der Waals surface area contributed by atoms with Gasteiger partial charge in [0.2, 0.25) is 11.8 Å². The largest absolute Gasteiger partial charge is 0.504 e. The number of fused-ring (bicyclic) bond motifs is 3. The Kier molecular flexibility index (Phi) is 5.75. The number of phenols is 1. The molecule has 3 aliphatic carbocycles. The summed E-state index contributed by atoms with van der Waals surface area (Å²) in [7, 11) is 1.44. The second-order valence-electron chi connectivity index (χ2n) is 10.4. The summed E-state index contributed by atoms with van der Waals surface area (Å²) >= 11 is 0. The number of hydrogen-bond acceptors (Lipinski definition) is 6. The summed E-state index contributed by atoms with van der Waals surface area (Å²) in [5, 5.41) is 11.1. The number of amides is 2. The first-order valence-electron chi connectivity index (χ1n) is 12.9. The van der Waals surface area contributed by atoms with Crippen molar-refractivity contribution in [2.45, 2.75) is 25.7 Å². The molecular formula is C32H27NO6. The van der Waals surface area contributed by atoms with Gasteiger partial charge in [-0.3, -0.25) is 24.1 Å². The lowest BCUT2D eigenvalue weighted by Gasteiger charge is -2.42. The zero-order chi connectivity index (χ0) is 27.6. The first kappa shape index (κ1) is 24.8. The molecule has 4 atom stereocenters. The molecule has 2 aromatic carbocycles. The Morgan fingerprint density at radius 1 is 1.03 bits per heavy atom. The van der Waals surface area contributed by atoms with Crippen molar-refractivity contribution in [3.8, 4) is 11.5 Å². The van der Waals surface area contributed by atoms with Crippen LogP contribution in [-0.4, -0.2) is 35.6 Å². The number of allylic oxidation sites excluding steroid dienone is 6. The SMILES string of the molecule is C=Cc1ccc(N2C(=O)[C@H]3[C@H](CC=C4[C@H](c5cccc(OC)c5O)C5=C(C[C@H]43)C(=O)C=C(C)C5=O)C2=O)cc1. The van der Waals surface area contributed by atoms with E-state index in [4.69, 9.17) is 4.74 Å². The van der Waals surface area contributed by atoms with Crippen LogP contribution in [0.1, 0.15) is 36.8 Å². The van der Waals surface area contributed by atoms with Crippen LogP contribution in [0.3, 0.4) is 0 Å². The van der Waals surface area contributed by atoms with Crippen molar-refractivity contribution in [3.05, 3.63) is 94.6 Å². The lowest BCUT2D eigenvalue weighted by molar-refractivity contribution is -0.123. The lowest BCUT2D eigenvalue weighted by Crippen LogP contribution is -2.39. The first-order chi connectivity index (χ1) is 18.8. The highest BCUT2D eigenvalue weighted by Gasteiger charge is 2.56. The van der Waals surface area contributed by atoms with Crippen molar-refractivity contribution in [1.29, 1.82) is 0 Å². The molecule has 1 fully saturated rings. The Labute approximate surface area is 225 Å². The number of nitrogens with zero attached hydrogens (tertiary/aromatic N) is 1. The van der Waals surface area contributed by atoms with Crippen LogP contribution in [0.15, 0.2) is 83.5 Å². The van der Waals surface area contributed by atoms with Crippen LogP contribution in [0.5, 0.6) is 11.5 Å². The highest BCUT2D eigenvalue weighted by molar-refractivity contribution is 6.25. The summed E-state index contributed by atoms with van der Waals surface area (Å²) in [5.41, 5.74) is 3.58. The molecule has 1 heterocycles. The minimum absolute atomic E-state index is 0.120. The molecule has 0 aromatic heterocycles. The smallest absolute Gasteiger partial charge is 0.238 e. The average molecular weight is 522 g/mol. The van der Waals surface area contributed by atoms with E-state index in [1.165, 1.54) is 18.1 Å². The summed E-state index contributed by atoms with van der Waals surface area (Å²) < 4.78 is 5.34. The summed E-state index contributed by atoms with van der Waals surface area (Å²) in [6.07, 6.45) is 5.46. The summed E-state index contributed by atoms with van der Waals surface area (Å²) in [6.45, 7) is 5.36. The molecule has 7 nitrogen and oxygen atoms in total. The second kappa shape index (κ2) is 9.05. The fourth-order valence-corrected chi connectivity index (χ4v) is 6.67. The number of hydrogen-bond donors (Lipinski definition) is 1. The molecule has 4 aliphatic rings. The molecule has 0 bridgehead atoms. The van der Waals surface area contributed by atoms with Gasteiger partial charge in [0.05, 0.1) is 24.6 Å². The lowest BCUT2D eigenvalue weighted by atomic mass is 9.59. The molecule has 39 heavy (non-hydrogen) atoms. The quantitative estimate of drug-likeness (QED) is 0.356. The number of benzene rings is 2. The molecule has 6 rings (SSSR count). The maximum atomic E-state index is 13.9. The number of aromatic hydroxyl groups is 1. The summed E-state index contributed by atoms with van der Waals surface area (Å²) in [4.78, 5) is 55.5. The zero-order valence-electron chi connectivity index (χ0n) is 21.6. The Balaban J connectivity index is 1.49. The Hall–Kier alpha value is -4.52. The number of rotatable bonds is 4. The molecule has 196 valence electrons. The Morgan fingerprint density at radius 2 is 1.77 bits per heavy atom. The van der Waals surface area contributed by atoms with Crippen LogP contribution in [0, 0.1) is 17.8 Å². The molecule has 2 amide bonds. The fraction of sp³-hybridized carbons (Fsp3) is 0.250. The van der Waals surface area contributed by atoms with Gasteiger partial charge < -0.3 is 9.84 Å². The van der Waals surface area contributed by atoms with E-state index >= 15 is 0 Å². The molecule has 0 radical (unpaired) electrons. The van der Waals surface area contributed by atoms with E-state index in [-0.39, 0.29) is 41.3 Å². The van der Waals surface area contributed by atoms with Crippen LogP contribution in [0.2, 0.25) is 0 Å². The number of Topliss-reactive ketones (excluding diaryl/α,β-unsaturated/α-hetero) is 1. The molecule has 0 spiro atoms. The van der Waals surface area contributed by atoms with Gasteiger partial charge in [-0.25, -0.2) is 0 Å². The van der Waals surface area contributed by atoms with Crippen molar-refractivity contribution < 1.29 is 29.0 Å². The minimum atomic E-state index is -0.737. The molecule has 1 N–H and O–H groups in total. The van der Waals surface area contributed by atoms with Gasteiger partial charge >= 0.3 is 0 Å². The zero-order valence-corrected chi connectivity index (χ0v) is 21.6. The summed E-state index contributed by atoms with van der Waals surface area (Å²) in [5.74, 6) is -3.45. The number of carbonyl (C=O) groups excluding carboxylic acids is 4. The van der Waals surface area contributed by atoms with Crippen LogP contribution in [-0.2, 0) is 19.2 Å². The average Bonchev–Trinajstić information content (AvgIpc) is 3.20. The van der Waals surface area contributed by atoms with E-state index in [0.717, 1.165) is 11.1 Å². The fourth-order valence-electron chi connectivity index (χ4n) is 6.67. The molecule has 1 aliphatic heterocycles. The van der Waals surface area contributed by atoms with Gasteiger partial charge in [0.1, 0.15) is 0 Å². The highest BCUT2D eigenvalue weighted by Crippen LogP contribution is 2.57. The number of anilines is 1. The highest BCUT2D eigenvalue weighted by atomic mass is 16.5. The van der Waals surface area contributed by atoms with Gasteiger partial charge in [-0.15, -0.1) is 0 Å². The van der Waals surface area contributed by atoms with Crippen molar-refractivity contribution in [2.24, 2.45) is 17.8 Å². The van der Waals surface area contributed by atoms with E-state index in [9.17, 15) is 24.3 Å². The maximum Gasteiger partial charge on any atom is 0.238 e. The van der Waals surface area contributed by atoms with E-state index < -0.39 is 23.7 Å². The number of imide groups is 1. The topological polar surface area (TPSA) is 101 Å². The van der Waals surface area contributed by atoms with E-state index in [2.05, 4.69) is 6.58 Å². The molecule has 1 saturated heterocycles. The second-order valence-corrected chi connectivity index (χ2v) is 10.4. The third-order valence-corrected chi connectivity index (χ3v) is 8.51. The summed E-state index contributed by atoms with van der Waals surface area (Å²) in [6, 6.07) is 12.1. The number of ketones is 2. The number of para-hydroxylation sites is 1. The normalized spacial score (nSPS) is 26.1. The third kappa shape index (κ3) is 3.56. The molecule has 0 saturated carbocycles. The van der Waals surface area contributed by atoms with E-state index in [1.807, 2.05) is 6.08 Å². The maximum absolute atomic E-state index is 13.9. The predicted molar refractivity (Wildman–Crippen MR) is 145 cm³/mol. The Morgan fingerprint density at radius 3 is 2.46 bits per heavy atom. The van der Waals surface area contributed by atoms with Crippen molar-refractivity contribution in [3.63, 3.8) is 0 Å². The van der Waals surface area contributed by atoms with Gasteiger partial charge in [0.25, 0.3) is 0 Å². The van der Waals surface area contributed by atoms with Gasteiger partial charge in [-0.1, -0.05) is 48.6 Å². The number of carbonyl (C=O) groups is 4. The van der Waals surface area contributed by atoms with Crippen LogP contribution in [0.25, 0.3) is 6.08 Å². The first-order valence-corrected chi connectivity index (χ1v) is 12.9. The number of methoxy groups -OCH3 is 1. The van der Waals surface area contributed by atoms with E-state index in [1.54, 1.807) is 55.5 Å². The third-order valence-electron chi connectivity index (χ3n) is 8.51. The van der Waals surface area contributed by atoms with Crippen molar-refractivity contribution in [1.82, 2.24) is 0 Å².